The van der Waals surface area contributed by atoms with Crippen molar-refractivity contribution >= 4 is 5.97 Å². The molecule has 0 aliphatic carbocycles. The van der Waals surface area contributed by atoms with Gasteiger partial charge in [-0.25, -0.2) is 4.79 Å². The van der Waals surface area contributed by atoms with Crippen molar-refractivity contribution in [2.75, 3.05) is 13.7 Å². The molecule has 0 bridgehead atoms. The Morgan fingerprint density at radius 2 is 2.16 bits per heavy atom. The third kappa shape index (κ3) is 3.20. The third-order valence-electron chi connectivity index (χ3n) is 3.06. The first-order valence-corrected chi connectivity index (χ1v) is 5.66. The van der Waals surface area contributed by atoms with Crippen molar-refractivity contribution in [1.82, 2.24) is 0 Å². The molecule has 1 heterocycles. The summed E-state index contributed by atoms with van der Waals surface area (Å²) in [6, 6.07) is -1.15. The van der Waals surface area contributed by atoms with Crippen molar-refractivity contribution in [2.24, 2.45) is 5.73 Å². The monoisotopic (exact) mass is 281 g/mol. The van der Waals surface area contributed by atoms with Crippen LogP contribution in [0.1, 0.15) is 6.42 Å². The number of carbonyl (C=O) groups excluding carboxylic acids is 1. The van der Waals surface area contributed by atoms with E-state index in [1.54, 1.807) is 0 Å². The van der Waals surface area contributed by atoms with Gasteiger partial charge in [0, 0.05) is 6.42 Å². The molecule has 0 spiro atoms. The molecule has 0 saturated carbocycles. The molecule has 0 amide bonds. The minimum absolute atomic E-state index is 0.528. The molecule has 112 valence electrons. The van der Waals surface area contributed by atoms with Gasteiger partial charge < -0.3 is 40.7 Å². The number of methoxy groups -OCH3 is 1. The minimum atomic E-state index is -2.47. The summed E-state index contributed by atoms with van der Waals surface area (Å²) >= 11 is 0. The van der Waals surface area contributed by atoms with Gasteiger partial charge in [-0.2, -0.15) is 0 Å². The summed E-state index contributed by atoms with van der Waals surface area (Å²) in [6.07, 6.45) is -6.62. The first-order valence-electron chi connectivity index (χ1n) is 5.66. The summed E-state index contributed by atoms with van der Waals surface area (Å²) in [5, 5.41) is 47.4. The Kier molecular flexibility index (Phi) is 5.21. The highest BCUT2D eigenvalue weighted by atomic mass is 16.7. The quantitative estimate of drug-likeness (QED) is 0.282. The van der Waals surface area contributed by atoms with Crippen LogP contribution in [0.25, 0.3) is 0 Å². The second-order valence-corrected chi connectivity index (χ2v) is 4.45. The predicted octanol–water partition coefficient (Wildman–Crippen LogP) is -3.96. The summed E-state index contributed by atoms with van der Waals surface area (Å²) in [7, 11) is 1.01. The third-order valence-corrected chi connectivity index (χ3v) is 3.06. The van der Waals surface area contributed by atoms with Crippen molar-refractivity contribution in [1.29, 1.82) is 0 Å². The normalized spacial score (nSPS) is 38.6. The second kappa shape index (κ2) is 6.09. The van der Waals surface area contributed by atoms with Gasteiger partial charge in [0.05, 0.1) is 25.9 Å². The zero-order valence-electron chi connectivity index (χ0n) is 10.3. The highest BCUT2D eigenvalue weighted by Crippen LogP contribution is 2.30. The van der Waals surface area contributed by atoms with Crippen LogP contribution in [0.5, 0.6) is 0 Å². The maximum Gasteiger partial charge on any atom is 0.366 e. The van der Waals surface area contributed by atoms with Gasteiger partial charge in [-0.3, -0.25) is 0 Å². The lowest BCUT2D eigenvalue weighted by Gasteiger charge is -2.43. The highest BCUT2D eigenvalue weighted by molar-refractivity contribution is 5.77. The van der Waals surface area contributed by atoms with E-state index in [4.69, 9.17) is 15.6 Å². The van der Waals surface area contributed by atoms with E-state index in [0.717, 1.165) is 7.11 Å². The number of carbonyl (C=O) groups is 1. The SMILES string of the molecule is COC(=O)[C@]1(O)C[C@@H](O)[C@@H](N)C([C@H](O)[C@H](O)CO)O1. The smallest absolute Gasteiger partial charge is 0.366 e. The van der Waals surface area contributed by atoms with Gasteiger partial charge in [0.15, 0.2) is 0 Å². The molecule has 0 aromatic heterocycles. The molecule has 0 aromatic carbocycles. The molecule has 1 fully saturated rings. The zero-order valence-corrected chi connectivity index (χ0v) is 10.3. The molecule has 9 nitrogen and oxygen atoms in total. The van der Waals surface area contributed by atoms with Gasteiger partial charge in [0.2, 0.25) is 0 Å². The lowest BCUT2D eigenvalue weighted by molar-refractivity contribution is -0.294. The first-order chi connectivity index (χ1) is 8.76. The zero-order chi connectivity index (χ0) is 14.8. The van der Waals surface area contributed by atoms with Crippen molar-refractivity contribution in [3.05, 3.63) is 0 Å². The van der Waals surface area contributed by atoms with Gasteiger partial charge >= 0.3 is 5.97 Å². The Morgan fingerprint density at radius 3 is 2.63 bits per heavy atom. The van der Waals surface area contributed by atoms with E-state index in [9.17, 15) is 25.2 Å². The van der Waals surface area contributed by atoms with E-state index in [1.807, 2.05) is 0 Å². The number of hydrogen-bond acceptors (Lipinski definition) is 9. The van der Waals surface area contributed by atoms with E-state index in [-0.39, 0.29) is 0 Å². The lowest BCUT2D eigenvalue weighted by atomic mass is 9.89. The van der Waals surface area contributed by atoms with Crippen molar-refractivity contribution < 1.29 is 39.8 Å². The fourth-order valence-electron chi connectivity index (χ4n) is 1.91. The van der Waals surface area contributed by atoms with Crippen molar-refractivity contribution in [3.8, 4) is 0 Å². The molecule has 0 aromatic rings. The van der Waals surface area contributed by atoms with E-state index in [2.05, 4.69) is 4.74 Å². The molecule has 9 heteroatoms. The number of rotatable bonds is 4. The largest absolute Gasteiger partial charge is 0.465 e. The van der Waals surface area contributed by atoms with E-state index in [1.165, 1.54) is 0 Å². The average molecular weight is 281 g/mol. The fourth-order valence-corrected chi connectivity index (χ4v) is 1.91. The van der Waals surface area contributed by atoms with Gasteiger partial charge in [-0.15, -0.1) is 0 Å². The molecule has 1 saturated heterocycles. The standard InChI is InChI=1S/C10H19NO8/c1-18-9(16)10(17)2-4(13)6(11)8(19-10)7(15)5(14)3-12/h4-8,12-15,17H,2-3,11H2,1H3/t4-,5-,6-,7-,8?,10+/m1/s1. The number of aliphatic hydroxyl groups is 5. The molecule has 7 N–H and O–H groups in total. The van der Waals surface area contributed by atoms with Crippen LogP contribution in [-0.2, 0) is 14.3 Å². The molecule has 1 aliphatic rings. The highest BCUT2D eigenvalue weighted by Gasteiger charge is 2.52. The Morgan fingerprint density at radius 1 is 1.58 bits per heavy atom. The molecule has 0 radical (unpaired) electrons. The Hall–Kier alpha value is -0.810. The maximum atomic E-state index is 11.4. The number of nitrogens with two attached hydrogens (primary N) is 1. The van der Waals surface area contributed by atoms with Crippen LogP contribution in [0.3, 0.4) is 0 Å². The number of aliphatic hydroxyl groups excluding tert-OH is 4. The predicted molar refractivity (Wildman–Crippen MR) is 59.5 cm³/mol. The van der Waals surface area contributed by atoms with Crippen molar-refractivity contribution in [2.45, 2.75) is 42.7 Å². The average Bonchev–Trinajstić information content (AvgIpc) is 2.40. The Bertz CT molecular complexity index is 327. The molecular weight excluding hydrogens is 262 g/mol. The first kappa shape index (κ1) is 16.2. The number of hydrogen-bond donors (Lipinski definition) is 6. The van der Waals surface area contributed by atoms with E-state index < -0.39 is 55.2 Å². The Balaban J connectivity index is 2.94. The van der Waals surface area contributed by atoms with Crippen LogP contribution >= 0.6 is 0 Å². The van der Waals surface area contributed by atoms with E-state index in [0.29, 0.717) is 0 Å². The van der Waals surface area contributed by atoms with Crippen LogP contribution in [-0.4, -0.2) is 81.5 Å². The van der Waals surface area contributed by atoms with Crippen LogP contribution < -0.4 is 5.73 Å². The van der Waals surface area contributed by atoms with Crippen LogP contribution in [0.15, 0.2) is 0 Å². The molecule has 1 aliphatic heterocycles. The van der Waals surface area contributed by atoms with Crippen molar-refractivity contribution in [3.63, 3.8) is 0 Å². The maximum absolute atomic E-state index is 11.4. The molecule has 19 heavy (non-hydrogen) atoms. The minimum Gasteiger partial charge on any atom is -0.465 e. The summed E-state index contributed by atoms with van der Waals surface area (Å²) in [6.45, 7) is -0.777. The summed E-state index contributed by atoms with van der Waals surface area (Å²) in [4.78, 5) is 11.4. The summed E-state index contributed by atoms with van der Waals surface area (Å²) < 4.78 is 9.30. The van der Waals surface area contributed by atoms with Crippen LogP contribution in [0.2, 0.25) is 0 Å². The topological polar surface area (TPSA) is 163 Å². The van der Waals surface area contributed by atoms with Gasteiger partial charge in [-0.1, -0.05) is 0 Å². The number of esters is 1. The molecular formula is C10H19NO8. The second-order valence-electron chi connectivity index (χ2n) is 4.45. The van der Waals surface area contributed by atoms with Gasteiger partial charge in [-0.05, 0) is 0 Å². The molecule has 1 rings (SSSR count). The van der Waals surface area contributed by atoms with Crippen LogP contribution in [0.4, 0.5) is 0 Å². The van der Waals surface area contributed by atoms with Gasteiger partial charge in [0.1, 0.15) is 18.3 Å². The van der Waals surface area contributed by atoms with E-state index >= 15 is 0 Å². The molecule has 6 atom stereocenters. The summed E-state index contributed by atoms with van der Waals surface area (Å²) in [5.74, 6) is -3.63. The van der Waals surface area contributed by atoms with Crippen LogP contribution in [0, 0.1) is 0 Å². The lowest BCUT2D eigenvalue weighted by Crippen LogP contribution is -2.65. The Labute approximate surface area is 109 Å². The summed E-state index contributed by atoms with van der Waals surface area (Å²) in [5.41, 5.74) is 5.59. The van der Waals surface area contributed by atoms with Gasteiger partial charge in [0.25, 0.3) is 5.79 Å². The number of ether oxygens (including phenoxy) is 2. The fraction of sp³-hybridized carbons (Fsp3) is 0.900. The molecule has 1 unspecified atom stereocenters.